The largest absolute Gasteiger partial charge is 0.454 e. The number of aromatic nitrogens is 2. The van der Waals surface area contributed by atoms with Crippen LogP contribution in [0.3, 0.4) is 0 Å². The zero-order chi connectivity index (χ0) is 22.1. The average molecular weight is 432 g/mol. The third-order valence-corrected chi connectivity index (χ3v) is 5.45. The minimum atomic E-state index is -0.414. The van der Waals surface area contributed by atoms with Gasteiger partial charge >= 0.3 is 6.03 Å². The number of rotatable bonds is 5. The summed E-state index contributed by atoms with van der Waals surface area (Å²) in [5, 5.41) is 5.89. The van der Waals surface area contributed by atoms with Crippen LogP contribution in [-0.4, -0.2) is 22.4 Å². The van der Waals surface area contributed by atoms with E-state index in [0.29, 0.717) is 23.7 Å². The van der Waals surface area contributed by atoms with Crippen molar-refractivity contribution in [3.05, 3.63) is 83.9 Å². The zero-order valence-corrected chi connectivity index (χ0v) is 17.3. The third-order valence-electron chi connectivity index (χ3n) is 5.45. The molecule has 1 unspecified atom stereocenters. The third kappa shape index (κ3) is 3.94. The molecule has 0 fully saturated rings. The van der Waals surface area contributed by atoms with Crippen molar-refractivity contribution in [2.45, 2.75) is 19.5 Å². The first-order chi connectivity index (χ1) is 15.6. The molecule has 162 valence electrons. The summed E-state index contributed by atoms with van der Waals surface area (Å²) < 4.78 is 26.3. The van der Waals surface area contributed by atoms with Gasteiger partial charge in [-0.15, -0.1) is 0 Å². The molecule has 0 saturated heterocycles. The van der Waals surface area contributed by atoms with E-state index in [1.54, 1.807) is 24.5 Å². The van der Waals surface area contributed by atoms with Crippen LogP contribution in [0, 0.1) is 12.7 Å². The summed E-state index contributed by atoms with van der Waals surface area (Å²) in [6.07, 6.45) is 1.74. The van der Waals surface area contributed by atoms with E-state index in [1.807, 2.05) is 41.8 Å². The van der Waals surface area contributed by atoms with Gasteiger partial charge in [0.05, 0.1) is 23.4 Å². The number of nitrogens with zero attached hydrogens (tertiary/aromatic N) is 2. The second-order valence-corrected chi connectivity index (χ2v) is 7.61. The molecule has 2 amide bonds. The van der Waals surface area contributed by atoms with Crippen LogP contribution in [-0.2, 0) is 6.54 Å². The van der Waals surface area contributed by atoms with E-state index in [1.165, 1.54) is 12.1 Å². The van der Waals surface area contributed by atoms with Gasteiger partial charge in [0.2, 0.25) is 6.79 Å². The van der Waals surface area contributed by atoms with Gasteiger partial charge in [-0.3, -0.25) is 0 Å². The van der Waals surface area contributed by atoms with E-state index < -0.39 is 6.04 Å². The van der Waals surface area contributed by atoms with Crippen LogP contribution in [0.15, 0.2) is 67.0 Å². The molecule has 5 rings (SSSR count). The van der Waals surface area contributed by atoms with Crippen LogP contribution >= 0.6 is 0 Å². The maximum atomic E-state index is 13.5. The van der Waals surface area contributed by atoms with E-state index in [9.17, 15) is 9.18 Å². The van der Waals surface area contributed by atoms with Crippen molar-refractivity contribution >= 4 is 22.8 Å². The minimum absolute atomic E-state index is 0.163. The number of imidazole rings is 1. The first-order valence-corrected chi connectivity index (χ1v) is 10.2. The molecule has 1 aromatic heterocycles. The van der Waals surface area contributed by atoms with Gasteiger partial charge in [-0.2, -0.15) is 0 Å². The van der Waals surface area contributed by atoms with E-state index in [0.717, 1.165) is 22.2 Å². The fraction of sp³-hybridized carbons (Fsp3) is 0.167. The van der Waals surface area contributed by atoms with Crippen LogP contribution in [0.5, 0.6) is 11.5 Å². The van der Waals surface area contributed by atoms with Crippen molar-refractivity contribution in [3.8, 4) is 11.5 Å². The Bertz CT molecular complexity index is 1290. The number of ether oxygens (including phenoxy) is 2. The Morgan fingerprint density at radius 1 is 1.12 bits per heavy atom. The van der Waals surface area contributed by atoms with Crippen molar-refractivity contribution in [1.82, 2.24) is 14.9 Å². The van der Waals surface area contributed by atoms with Gasteiger partial charge in [-0.25, -0.2) is 14.2 Å². The molecule has 2 N–H and O–H groups in total. The van der Waals surface area contributed by atoms with Crippen molar-refractivity contribution in [2.75, 3.05) is 12.1 Å². The monoisotopic (exact) mass is 432 g/mol. The zero-order valence-electron chi connectivity index (χ0n) is 17.3. The average Bonchev–Trinajstić information content (AvgIpc) is 3.41. The number of hydrogen-bond donors (Lipinski definition) is 2. The summed E-state index contributed by atoms with van der Waals surface area (Å²) in [6.45, 7) is 2.47. The number of nitrogens with one attached hydrogen (secondary N) is 2. The van der Waals surface area contributed by atoms with Crippen LogP contribution in [0.2, 0.25) is 0 Å². The lowest BCUT2D eigenvalue weighted by Gasteiger charge is -2.21. The van der Waals surface area contributed by atoms with Crippen LogP contribution in [0.1, 0.15) is 17.2 Å². The molecule has 0 radical (unpaired) electrons. The van der Waals surface area contributed by atoms with Crippen LogP contribution in [0.4, 0.5) is 14.9 Å². The SMILES string of the molecule is Cc1cc2c(cc1NC(=O)NC(Cn1cnc3ccccc31)c1ccc(F)cc1)OCO2. The number of amides is 2. The van der Waals surface area contributed by atoms with Crippen molar-refractivity contribution in [2.24, 2.45) is 0 Å². The Hall–Kier alpha value is -4.07. The lowest BCUT2D eigenvalue weighted by molar-refractivity contribution is 0.174. The van der Waals surface area contributed by atoms with Crippen molar-refractivity contribution < 1.29 is 18.7 Å². The lowest BCUT2D eigenvalue weighted by Crippen LogP contribution is -2.35. The molecule has 0 bridgehead atoms. The highest BCUT2D eigenvalue weighted by Gasteiger charge is 2.20. The number of carbonyl (C=O) groups excluding carboxylic acids is 1. The van der Waals surface area contributed by atoms with Gasteiger partial charge in [0, 0.05) is 18.3 Å². The molecule has 1 aliphatic heterocycles. The Balaban J connectivity index is 1.39. The molecule has 8 heteroatoms. The molecule has 0 saturated carbocycles. The predicted molar refractivity (Wildman–Crippen MR) is 118 cm³/mol. The summed E-state index contributed by atoms with van der Waals surface area (Å²) in [4.78, 5) is 17.3. The number of hydrogen-bond acceptors (Lipinski definition) is 4. The van der Waals surface area contributed by atoms with Gasteiger partial charge in [-0.05, 0) is 48.4 Å². The molecule has 0 spiro atoms. The van der Waals surface area contributed by atoms with Gasteiger partial charge in [-0.1, -0.05) is 24.3 Å². The Morgan fingerprint density at radius 3 is 2.69 bits per heavy atom. The molecular formula is C24H21FN4O3. The maximum absolute atomic E-state index is 13.5. The molecule has 32 heavy (non-hydrogen) atoms. The topological polar surface area (TPSA) is 77.4 Å². The first-order valence-electron chi connectivity index (χ1n) is 10.2. The number of benzene rings is 3. The summed E-state index contributed by atoms with van der Waals surface area (Å²) in [6, 6.07) is 16.7. The number of halogens is 1. The smallest absolute Gasteiger partial charge is 0.319 e. The van der Waals surface area contributed by atoms with E-state index >= 15 is 0 Å². The minimum Gasteiger partial charge on any atom is -0.454 e. The molecule has 4 aromatic rings. The van der Waals surface area contributed by atoms with Crippen molar-refractivity contribution in [3.63, 3.8) is 0 Å². The number of urea groups is 1. The summed E-state index contributed by atoms with van der Waals surface area (Å²) >= 11 is 0. The summed E-state index contributed by atoms with van der Waals surface area (Å²) in [5.41, 5.74) is 4.07. The maximum Gasteiger partial charge on any atom is 0.319 e. The van der Waals surface area contributed by atoms with E-state index in [-0.39, 0.29) is 18.6 Å². The molecule has 1 aliphatic rings. The second-order valence-electron chi connectivity index (χ2n) is 7.61. The van der Waals surface area contributed by atoms with Crippen molar-refractivity contribution in [1.29, 1.82) is 0 Å². The highest BCUT2D eigenvalue weighted by Crippen LogP contribution is 2.36. The van der Waals surface area contributed by atoms with Crippen LogP contribution in [0.25, 0.3) is 11.0 Å². The van der Waals surface area contributed by atoms with Crippen LogP contribution < -0.4 is 20.1 Å². The molecule has 2 heterocycles. The van der Waals surface area contributed by atoms with Gasteiger partial charge < -0.3 is 24.7 Å². The van der Waals surface area contributed by atoms with Gasteiger partial charge in [0.15, 0.2) is 11.5 Å². The predicted octanol–water partition coefficient (Wildman–Crippen LogP) is 4.78. The molecular weight excluding hydrogens is 411 g/mol. The first kappa shape index (κ1) is 19.9. The normalized spacial score (nSPS) is 13.2. The number of fused-ring (bicyclic) bond motifs is 2. The Kier molecular flexibility index (Phi) is 5.10. The standard InChI is InChI=1S/C24H21FN4O3/c1-15-10-22-23(32-14-31-22)11-19(15)27-24(30)28-20(16-6-8-17(25)9-7-16)12-29-13-26-18-4-2-3-5-21(18)29/h2-11,13,20H,12,14H2,1H3,(H2,27,28,30). The lowest BCUT2D eigenvalue weighted by atomic mass is 10.1. The van der Waals surface area contributed by atoms with Gasteiger partial charge in [0.1, 0.15) is 5.82 Å². The summed E-state index contributed by atoms with van der Waals surface area (Å²) in [7, 11) is 0. The quantitative estimate of drug-likeness (QED) is 0.476. The Labute approximate surface area is 183 Å². The fourth-order valence-corrected chi connectivity index (χ4v) is 3.78. The number of para-hydroxylation sites is 2. The second kappa shape index (κ2) is 8.22. The summed E-state index contributed by atoms with van der Waals surface area (Å²) in [5.74, 6) is 0.913. The number of carbonyl (C=O) groups is 1. The molecule has 1 atom stereocenters. The Morgan fingerprint density at radius 2 is 1.88 bits per heavy atom. The highest BCUT2D eigenvalue weighted by molar-refractivity contribution is 5.91. The molecule has 3 aromatic carbocycles. The van der Waals surface area contributed by atoms with Gasteiger partial charge in [0.25, 0.3) is 0 Å². The van der Waals surface area contributed by atoms with E-state index in [4.69, 9.17) is 9.47 Å². The number of anilines is 1. The number of aryl methyl sites for hydroxylation is 1. The fourth-order valence-electron chi connectivity index (χ4n) is 3.78. The molecule has 7 nitrogen and oxygen atoms in total. The highest BCUT2D eigenvalue weighted by atomic mass is 19.1. The van der Waals surface area contributed by atoms with E-state index in [2.05, 4.69) is 15.6 Å². The molecule has 0 aliphatic carbocycles.